The van der Waals surface area contributed by atoms with Crippen LogP contribution >= 0.6 is 11.8 Å². The van der Waals surface area contributed by atoms with E-state index >= 15 is 0 Å². The lowest BCUT2D eigenvalue weighted by molar-refractivity contribution is -0.137. The molecule has 0 saturated carbocycles. The third kappa shape index (κ3) is 3.85. The Hall–Kier alpha value is -1.89. The number of hydrogen-bond donors (Lipinski definition) is 1. The molecule has 0 aliphatic rings. The predicted octanol–water partition coefficient (Wildman–Crippen LogP) is 1.47. The normalized spacial score (nSPS) is 10.6. The molecule has 7 heteroatoms. The van der Waals surface area contributed by atoms with Gasteiger partial charge in [0.25, 0.3) is 0 Å². The summed E-state index contributed by atoms with van der Waals surface area (Å²) in [6, 6.07) is 0. The van der Waals surface area contributed by atoms with E-state index < -0.39 is 11.9 Å². The average Bonchev–Trinajstić information content (AvgIpc) is 2.36. The summed E-state index contributed by atoms with van der Waals surface area (Å²) in [5.41, 5.74) is 0.114. The van der Waals surface area contributed by atoms with Gasteiger partial charge in [0.15, 0.2) is 10.9 Å². The van der Waals surface area contributed by atoms with Crippen molar-refractivity contribution in [3.8, 4) is 0 Å². The number of aromatic nitrogens is 2. The molecule has 96 valence electrons. The second-order valence-electron chi connectivity index (χ2n) is 3.05. The first-order chi connectivity index (χ1) is 8.58. The van der Waals surface area contributed by atoms with Crippen molar-refractivity contribution in [3.63, 3.8) is 0 Å². The van der Waals surface area contributed by atoms with Crippen LogP contribution < -0.4 is 0 Å². The van der Waals surface area contributed by atoms with E-state index in [1.54, 1.807) is 13.2 Å². The van der Waals surface area contributed by atoms with Gasteiger partial charge in [0.2, 0.25) is 0 Å². The molecule has 0 fully saturated rings. The smallest absolute Gasteiger partial charge is 0.355 e. The lowest BCUT2D eigenvalue weighted by Gasteiger charge is -2.01. The van der Waals surface area contributed by atoms with Crippen molar-refractivity contribution in [2.45, 2.75) is 12.1 Å². The molecule has 0 aromatic carbocycles. The summed E-state index contributed by atoms with van der Waals surface area (Å²) in [6.45, 7) is 1.95. The maximum atomic E-state index is 11.1. The van der Waals surface area contributed by atoms with E-state index in [0.29, 0.717) is 5.16 Å². The Morgan fingerprint density at radius 1 is 1.56 bits per heavy atom. The van der Waals surface area contributed by atoms with Crippen molar-refractivity contribution in [2.24, 2.45) is 0 Å². The molecule has 1 heterocycles. The second kappa shape index (κ2) is 6.75. The Morgan fingerprint density at radius 3 is 2.83 bits per heavy atom. The molecule has 0 unspecified atom stereocenters. The number of carbonyl (C=O) groups excluding carboxylic acids is 1. The quantitative estimate of drug-likeness (QED) is 0.374. The highest BCUT2D eigenvalue weighted by atomic mass is 32.2. The molecule has 1 N–H and O–H groups in total. The highest BCUT2D eigenvalue weighted by Gasteiger charge is 2.12. The summed E-state index contributed by atoms with van der Waals surface area (Å²) < 4.78 is 4.69. The van der Waals surface area contributed by atoms with E-state index in [2.05, 4.69) is 9.97 Å². The van der Waals surface area contributed by atoms with Gasteiger partial charge < -0.3 is 9.84 Å². The van der Waals surface area contributed by atoms with Gasteiger partial charge >= 0.3 is 11.9 Å². The third-order valence-electron chi connectivity index (χ3n) is 1.87. The number of carbonyl (C=O) groups is 2. The highest BCUT2D eigenvalue weighted by Crippen LogP contribution is 2.13. The standard InChI is InChI=1S/C11H12N2O4S/c1-3-17-8(14)5-4-7-6-12-11(18-2)13-9(7)10(15)16/h4-6H,3H2,1-2H3,(H,15,16). The molecular weight excluding hydrogens is 256 g/mol. The molecule has 0 aliphatic carbocycles. The Morgan fingerprint density at radius 2 is 2.28 bits per heavy atom. The molecule has 0 aliphatic heterocycles. The minimum atomic E-state index is -1.17. The fourth-order valence-corrected chi connectivity index (χ4v) is 1.46. The minimum Gasteiger partial charge on any atom is -0.476 e. The number of esters is 1. The van der Waals surface area contributed by atoms with Crippen LogP contribution in [-0.4, -0.2) is 39.9 Å². The third-order valence-corrected chi connectivity index (χ3v) is 2.43. The number of carboxylic acids is 1. The number of rotatable bonds is 5. The van der Waals surface area contributed by atoms with Crippen molar-refractivity contribution in [2.75, 3.05) is 12.9 Å². The maximum Gasteiger partial charge on any atom is 0.355 e. The maximum absolute atomic E-state index is 11.1. The Labute approximate surface area is 108 Å². The van der Waals surface area contributed by atoms with Crippen LogP contribution in [0, 0.1) is 0 Å². The second-order valence-corrected chi connectivity index (χ2v) is 3.82. The molecule has 0 atom stereocenters. The molecule has 1 aromatic rings. The SMILES string of the molecule is CCOC(=O)C=Cc1cnc(SC)nc1C(=O)O. The van der Waals surface area contributed by atoms with Crippen LogP contribution in [0.5, 0.6) is 0 Å². The van der Waals surface area contributed by atoms with Gasteiger partial charge in [-0.1, -0.05) is 11.8 Å². The zero-order chi connectivity index (χ0) is 13.5. The number of aromatic carboxylic acids is 1. The first-order valence-electron chi connectivity index (χ1n) is 5.07. The van der Waals surface area contributed by atoms with Crippen molar-refractivity contribution in [1.82, 2.24) is 9.97 Å². The van der Waals surface area contributed by atoms with Crippen LogP contribution in [0.4, 0.5) is 0 Å². The van der Waals surface area contributed by atoms with Gasteiger partial charge in [-0.05, 0) is 19.3 Å². The number of hydrogen-bond acceptors (Lipinski definition) is 6. The topological polar surface area (TPSA) is 89.4 Å². The number of nitrogens with zero attached hydrogens (tertiary/aromatic N) is 2. The van der Waals surface area contributed by atoms with E-state index in [-0.39, 0.29) is 17.9 Å². The number of carboxylic acid groups (broad SMARTS) is 1. The van der Waals surface area contributed by atoms with Crippen LogP contribution in [0.1, 0.15) is 23.0 Å². The summed E-state index contributed by atoms with van der Waals surface area (Å²) in [4.78, 5) is 29.9. The molecule has 1 rings (SSSR count). The van der Waals surface area contributed by atoms with Crippen LogP contribution in [0.2, 0.25) is 0 Å². The Bertz CT molecular complexity index is 488. The van der Waals surface area contributed by atoms with Crippen molar-refractivity contribution in [3.05, 3.63) is 23.5 Å². The van der Waals surface area contributed by atoms with Crippen molar-refractivity contribution >= 4 is 29.8 Å². The monoisotopic (exact) mass is 268 g/mol. The van der Waals surface area contributed by atoms with Gasteiger partial charge in [-0.2, -0.15) is 0 Å². The summed E-state index contributed by atoms with van der Waals surface area (Å²) in [6.07, 6.45) is 5.58. The van der Waals surface area contributed by atoms with E-state index in [1.165, 1.54) is 24.0 Å². The van der Waals surface area contributed by atoms with Gasteiger partial charge in [-0.15, -0.1) is 0 Å². The average molecular weight is 268 g/mol. The lowest BCUT2D eigenvalue weighted by Crippen LogP contribution is -2.06. The van der Waals surface area contributed by atoms with Crippen LogP contribution in [0.15, 0.2) is 17.4 Å². The summed E-state index contributed by atoms with van der Waals surface area (Å²) >= 11 is 1.24. The van der Waals surface area contributed by atoms with Crippen LogP contribution in [0.3, 0.4) is 0 Å². The zero-order valence-corrected chi connectivity index (χ0v) is 10.7. The molecule has 6 nitrogen and oxygen atoms in total. The van der Waals surface area contributed by atoms with Crippen molar-refractivity contribution < 1.29 is 19.4 Å². The molecule has 0 spiro atoms. The molecular formula is C11H12N2O4S. The van der Waals surface area contributed by atoms with E-state index in [1.807, 2.05) is 0 Å². The molecule has 0 saturated heterocycles. The first kappa shape index (κ1) is 14.2. The largest absolute Gasteiger partial charge is 0.476 e. The molecule has 1 aromatic heterocycles. The van der Waals surface area contributed by atoms with Crippen LogP contribution in [0.25, 0.3) is 6.08 Å². The van der Waals surface area contributed by atoms with Crippen molar-refractivity contribution in [1.29, 1.82) is 0 Å². The zero-order valence-electron chi connectivity index (χ0n) is 9.91. The Kier molecular flexibility index (Phi) is 5.31. The molecule has 0 bridgehead atoms. The molecule has 0 radical (unpaired) electrons. The van der Waals surface area contributed by atoms with Gasteiger partial charge in [-0.3, -0.25) is 0 Å². The Balaban J connectivity index is 3.01. The summed E-state index contributed by atoms with van der Waals surface area (Å²) in [5, 5.41) is 9.37. The fourth-order valence-electron chi connectivity index (χ4n) is 1.11. The number of thioether (sulfide) groups is 1. The molecule has 18 heavy (non-hydrogen) atoms. The highest BCUT2D eigenvalue weighted by molar-refractivity contribution is 7.98. The number of ether oxygens (including phenoxy) is 1. The van der Waals surface area contributed by atoms with E-state index in [9.17, 15) is 9.59 Å². The first-order valence-corrected chi connectivity index (χ1v) is 6.30. The fraction of sp³-hybridized carbons (Fsp3) is 0.273. The van der Waals surface area contributed by atoms with Gasteiger partial charge in [0, 0.05) is 17.8 Å². The minimum absolute atomic E-state index is 0.144. The summed E-state index contributed by atoms with van der Waals surface area (Å²) in [5.74, 6) is -1.71. The van der Waals surface area contributed by atoms with Gasteiger partial charge in [0.05, 0.1) is 6.61 Å². The summed E-state index contributed by atoms with van der Waals surface area (Å²) in [7, 11) is 0. The van der Waals surface area contributed by atoms with Crippen LogP contribution in [-0.2, 0) is 9.53 Å². The van der Waals surface area contributed by atoms with E-state index in [4.69, 9.17) is 9.84 Å². The predicted molar refractivity (Wildman–Crippen MR) is 66.4 cm³/mol. The van der Waals surface area contributed by atoms with Gasteiger partial charge in [0.1, 0.15) is 0 Å². The van der Waals surface area contributed by atoms with Gasteiger partial charge in [-0.25, -0.2) is 19.6 Å². The lowest BCUT2D eigenvalue weighted by atomic mass is 10.2. The van der Waals surface area contributed by atoms with E-state index in [0.717, 1.165) is 6.08 Å². The molecule has 0 amide bonds.